The molecule has 1 atom stereocenters. The number of allylic oxidation sites excluding steroid dienone is 9. The van der Waals surface area contributed by atoms with Gasteiger partial charge < -0.3 is 0 Å². The minimum Gasteiger partial charge on any atom is -0.0991 e. The third kappa shape index (κ3) is 4.64. The van der Waals surface area contributed by atoms with Gasteiger partial charge in [-0.2, -0.15) is 0 Å². The van der Waals surface area contributed by atoms with Crippen LogP contribution >= 0.6 is 0 Å². The van der Waals surface area contributed by atoms with Gasteiger partial charge in [0.15, 0.2) is 0 Å². The first-order valence-electron chi connectivity index (χ1n) is 5.45. The average Bonchev–Trinajstić information content (AvgIpc) is 2.24. The fourth-order valence-corrected chi connectivity index (χ4v) is 1.55. The summed E-state index contributed by atoms with van der Waals surface area (Å²) in [6.07, 6.45) is 14.5. The molecule has 0 heteroatoms. The van der Waals surface area contributed by atoms with Gasteiger partial charge >= 0.3 is 0 Å². The van der Waals surface area contributed by atoms with E-state index in [4.69, 9.17) is 0 Å². The first-order valence-corrected chi connectivity index (χ1v) is 5.45. The van der Waals surface area contributed by atoms with Gasteiger partial charge in [-0.15, -0.1) is 0 Å². The van der Waals surface area contributed by atoms with Crippen LogP contribution in [0.3, 0.4) is 0 Å². The first kappa shape index (κ1) is 13.7. The Labute approximate surface area is 94.4 Å². The minimum absolute atomic E-state index is 0.417. The minimum atomic E-state index is 0.417. The molecule has 0 saturated heterocycles. The van der Waals surface area contributed by atoms with E-state index in [2.05, 4.69) is 56.9 Å². The van der Waals surface area contributed by atoms with E-state index in [0.717, 1.165) is 0 Å². The zero-order chi connectivity index (χ0) is 11.7. The molecule has 0 N–H and O–H groups in total. The van der Waals surface area contributed by atoms with Gasteiger partial charge in [0.25, 0.3) is 0 Å². The van der Waals surface area contributed by atoms with Crippen LogP contribution in [0, 0.1) is 5.92 Å². The number of rotatable bonds is 5. The van der Waals surface area contributed by atoms with Crippen molar-refractivity contribution in [2.24, 2.45) is 5.92 Å². The van der Waals surface area contributed by atoms with Crippen LogP contribution in [0.4, 0.5) is 0 Å². The second kappa shape index (κ2) is 8.05. The summed E-state index contributed by atoms with van der Waals surface area (Å²) in [5, 5.41) is 0. The lowest BCUT2D eigenvalue weighted by Crippen LogP contribution is -1.99. The molecule has 0 bridgehead atoms. The van der Waals surface area contributed by atoms with Crippen molar-refractivity contribution in [2.75, 3.05) is 0 Å². The van der Waals surface area contributed by atoms with Gasteiger partial charge in [-0.1, -0.05) is 56.0 Å². The third-order valence-corrected chi connectivity index (χ3v) is 2.36. The summed E-state index contributed by atoms with van der Waals surface area (Å²) in [7, 11) is 0. The summed E-state index contributed by atoms with van der Waals surface area (Å²) in [6, 6.07) is 0. The average molecular weight is 202 g/mol. The smallest absolute Gasteiger partial charge is 0.00575 e. The fraction of sp³-hybridized carbons (Fsp3) is 0.333. The van der Waals surface area contributed by atoms with Crippen LogP contribution < -0.4 is 0 Å². The fourth-order valence-electron chi connectivity index (χ4n) is 1.55. The van der Waals surface area contributed by atoms with Gasteiger partial charge in [-0.05, 0) is 31.9 Å². The van der Waals surface area contributed by atoms with Gasteiger partial charge in [0.1, 0.15) is 0 Å². The van der Waals surface area contributed by atoms with Crippen molar-refractivity contribution in [3.8, 4) is 0 Å². The molecule has 15 heavy (non-hydrogen) atoms. The molecule has 0 aliphatic heterocycles. The van der Waals surface area contributed by atoms with Gasteiger partial charge in [0.05, 0.1) is 0 Å². The molecular formula is C15H22. The summed E-state index contributed by atoms with van der Waals surface area (Å²) in [5.41, 5.74) is 2.63. The summed E-state index contributed by atoms with van der Waals surface area (Å²) in [5.74, 6) is 0.417. The molecule has 0 aromatic rings. The van der Waals surface area contributed by atoms with E-state index in [0.29, 0.717) is 5.92 Å². The van der Waals surface area contributed by atoms with E-state index in [-0.39, 0.29) is 0 Å². The largest absolute Gasteiger partial charge is 0.0991 e. The Kier molecular flexibility index (Phi) is 7.35. The van der Waals surface area contributed by atoms with E-state index in [9.17, 15) is 0 Å². The maximum absolute atomic E-state index is 3.75. The van der Waals surface area contributed by atoms with E-state index in [1.54, 1.807) is 0 Å². The Balaban J connectivity index is 5.00. The Bertz CT molecular complexity index is 298. The predicted octanol–water partition coefficient (Wildman–Crippen LogP) is 4.83. The van der Waals surface area contributed by atoms with Crippen LogP contribution in [0.5, 0.6) is 0 Å². The molecule has 0 aliphatic carbocycles. The molecule has 0 radical (unpaired) electrons. The van der Waals surface area contributed by atoms with Crippen LogP contribution in [0.25, 0.3) is 0 Å². The maximum Gasteiger partial charge on any atom is 0.00575 e. The first-order chi connectivity index (χ1) is 7.21. The molecule has 82 valence electrons. The highest BCUT2D eigenvalue weighted by atomic mass is 14.1. The van der Waals surface area contributed by atoms with Crippen molar-refractivity contribution in [2.45, 2.75) is 27.7 Å². The van der Waals surface area contributed by atoms with E-state index < -0.39 is 0 Å². The lowest BCUT2D eigenvalue weighted by molar-refractivity contribution is 0.844. The molecule has 1 unspecified atom stereocenters. The lowest BCUT2D eigenvalue weighted by Gasteiger charge is -2.14. The third-order valence-electron chi connectivity index (χ3n) is 2.36. The van der Waals surface area contributed by atoms with Crippen molar-refractivity contribution in [3.63, 3.8) is 0 Å². The summed E-state index contributed by atoms with van der Waals surface area (Å²) >= 11 is 0. The second-order valence-corrected chi connectivity index (χ2v) is 3.41. The van der Waals surface area contributed by atoms with E-state index in [1.807, 2.05) is 19.9 Å². The number of hydrogen-bond acceptors (Lipinski definition) is 0. The molecule has 0 saturated carbocycles. The molecule has 0 fully saturated rings. The van der Waals surface area contributed by atoms with Crippen molar-refractivity contribution >= 4 is 0 Å². The van der Waals surface area contributed by atoms with Gasteiger partial charge in [-0.3, -0.25) is 0 Å². The van der Waals surface area contributed by atoms with E-state index >= 15 is 0 Å². The van der Waals surface area contributed by atoms with Gasteiger partial charge in [0, 0.05) is 5.92 Å². The molecule has 0 rings (SSSR count). The van der Waals surface area contributed by atoms with Crippen molar-refractivity contribution in [1.82, 2.24) is 0 Å². The van der Waals surface area contributed by atoms with Crippen molar-refractivity contribution < 1.29 is 0 Å². The van der Waals surface area contributed by atoms with Crippen LogP contribution in [-0.4, -0.2) is 0 Å². The highest BCUT2D eigenvalue weighted by Crippen LogP contribution is 2.22. The SMILES string of the molecule is C=C/C=C(\C=C/C)C(C)C(/C=C\C)=C/C. The molecule has 0 aromatic heterocycles. The zero-order valence-electron chi connectivity index (χ0n) is 10.3. The molecule has 0 nitrogen and oxygen atoms in total. The van der Waals surface area contributed by atoms with Crippen LogP contribution in [0.1, 0.15) is 27.7 Å². The maximum atomic E-state index is 3.75. The highest BCUT2D eigenvalue weighted by Gasteiger charge is 2.07. The monoisotopic (exact) mass is 202 g/mol. The highest BCUT2D eigenvalue weighted by molar-refractivity contribution is 5.35. The lowest BCUT2D eigenvalue weighted by atomic mass is 9.91. The summed E-state index contributed by atoms with van der Waals surface area (Å²) < 4.78 is 0. The molecule has 0 heterocycles. The van der Waals surface area contributed by atoms with Crippen LogP contribution in [0.15, 0.2) is 60.3 Å². The quantitative estimate of drug-likeness (QED) is 0.560. The summed E-state index contributed by atoms with van der Waals surface area (Å²) in [4.78, 5) is 0. The molecule has 0 aliphatic rings. The van der Waals surface area contributed by atoms with Gasteiger partial charge in [0.2, 0.25) is 0 Å². The number of hydrogen-bond donors (Lipinski definition) is 0. The molecular weight excluding hydrogens is 180 g/mol. The Morgan fingerprint density at radius 2 is 1.53 bits per heavy atom. The summed E-state index contributed by atoms with van der Waals surface area (Å²) in [6.45, 7) is 12.1. The Hall–Kier alpha value is -1.30. The second-order valence-electron chi connectivity index (χ2n) is 3.41. The zero-order valence-corrected chi connectivity index (χ0v) is 10.3. The van der Waals surface area contributed by atoms with Crippen LogP contribution in [0.2, 0.25) is 0 Å². The molecule has 0 aromatic carbocycles. The van der Waals surface area contributed by atoms with Crippen molar-refractivity contribution in [3.05, 3.63) is 60.3 Å². The predicted molar refractivity (Wildman–Crippen MR) is 70.8 cm³/mol. The standard InChI is InChI=1S/C15H22/c1-6-10-14(9-4)13(5)15(11-7-2)12-8-3/h6-13H,2H2,1,3-5H3/b10-6-,12-8-,14-9+,15-11+. The molecule has 0 amide bonds. The molecule has 0 spiro atoms. The normalized spacial score (nSPS) is 16.3. The Morgan fingerprint density at radius 1 is 1.00 bits per heavy atom. The van der Waals surface area contributed by atoms with E-state index in [1.165, 1.54) is 11.1 Å². The van der Waals surface area contributed by atoms with Gasteiger partial charge in [-0.25, -0.2) is 0 Å². The van der Waals surface area contributed by atoms with Crippen molar-refractivity contribution in [1.29, 1.82) is 0 Å². The topological polar surface area (TPSA) is 0 Å². The Morgan fingerprint density at radius 3 is 1.93 bits per heavy atom. The van der Waals surface area contributed by atoms with Crippen LogP contribution in [-0.2, 0) is 0 Å².